The topological polar surface area (TPSA) is 58.2 Å². The molecule has 0 amide bonds. The number of anilines is 1. The fourth-order valence-electron chi connectivity index (χ4n) is 4.55. The van der Waals surface area contributed by atoms with Gasteiger partial charge in [-0.25, -0.2) is 13.1 Å². The molecule has 0 bridgehead atoms. The summed E-state index contributed by atoms with van der Waals surface area (Å²) in [4.78, 5) is 1.67. The second kappa shape index (κ2) is 8.02. The van der Waals surface area contributed by atoms with E-state index in [-0.39, 0.29) is 12.0 Å². The highest BCUT2D eigenvalue weighted by Crippen LogP contribution is 2.50. The van der Waals surface area contributed by atoms with E-state index in [4.69, 9.17) is 0 Å². The molecule has 2 heterocycles. The molecule has 0 saturated heterocycles. The van der Waals surface area contributed by atoms with Crippen molar-refractivity contribution >= 4 is 27.0 Å². The van der Waals surface area contributed by atoms with Crippen molar-refractivity contribution in [3.63, 3.8) is 0 Å². The Hall–Kier alpha value is -2.41. The number of allylic oxidation sites excluding steroid dienone is 2. The molecule has 4 nitrogen and oxygen atoms in total. The van der Waals surface area contributed by atoms with Crippen molar-refractivity contribution in [2.24, 2.45) is 5.92 Å². The van der Waals surface area contributed by atoms with Gasteiger partial charge in [0, 0.05) is 23.0 Å². The predicted molar refractivity (Wildman–Crippen MR) is 122 cm³/mol. The largest absolute Gasteiger partial charge is 0.377 e. The molecule has 3 atom stereocenters. The molecule has 5 rings (SSSR count). The molecule has 2 aliphatic rings. The van der Waals surface area contributed by atoms with E-state index in [9.17, 15) is 8.42 Å². The fraction of sp³-hybridized carbons (Fsp3) is 0.250. The summed E-state index contributed by atoms with van der Waals surface area (Å²) in [5, 5.41) is 5.78. The summed E-state index contributed by atoms with van der Waals surface area (Å²) in [6, 6.07) is 19.9. The van der Waals surface area contributed by atoms with Gasteiger partial charge in [-0.05, 0) is 59.5 Å². The maximum Gasteiger partial charge on any atom is 0.240 e. The molecular weight excluding hydrogens is 412 g/mol. The van der Waals surface area contributed by atoms with E-state index >= 15 is 0 Å². The minimum atomic E-state index is -3.55. The molecule has 3 aromatic rings. The van der Waals surface area contributed by atoms with Crippen LogP contribution >= 0.6 is 11.3 Å². The summed E-state index contributed by atoms with van der Waals surface area (Å²) < 4.78 is 28.6. The Labute approximate surface area is 181 Å². The van der Waals surface area contributed by atoms with Crippen LogP contribution in [0, 0.1) is 5.92 Å². The molecule has 1 aliphatic heterocycles. The third-order valence-electron chi connectivity index (χ3n) is 6.04. The Morgan fingerprint density at radius 1 is 1.07 bits per heavy atom. The van der Waals surface area contributed by atoms with Crippen molar-refractivity contribution < 1.29 is 8.42 Å². The number of rotatable bonds is 6. The maximum absolute atomic E-state index is 12.9. The Morgan fingerprint density at radius 3 is 2.73 bits per heavy atom. The first-order chi connectivity index (χ1) is 14.6. The zero-order valence-corrected chi connectivity index (χ0v) is 18.1. The van der Waals surface area contributed by atoms with Crippen LogP contribution in [0.3, 0.4) is 0 Å². The van der Waals surface area contributed by atoms with E-state index in [2.05, 4.69) is 39.7 Å². The van der Waals surface area contributed by atoms with Crippen LogP contribution < -0.4 is 10.0 Å². The van der Waals surface area contributed by atoms with E-state index in [0.29, 0.717) is 23.8 Å². The van der Waals surface area contributed by atoms with E-state index in [1.807, 2.05) is 42.5 Å². The first-order valence-electron chi connectivity index (χ1n) is 10.3. The van der Waals surface area contributed by atoms with Gasteiger partial charge in [0.05, 0.1) is 10.9 Å². The van der Waals surface area contributed by atoms with Crippen LogP contribution in [0.2, 0.25) is 0 Å². The highest BCUT2D eigenvalue weighted by atomic mass is 32.2. The minimum Gasteiger partial charge on any atom is -0.377 e. The molecule has 1 aliphatic carbocycles. The number of sulfonamides is 1. The van der Waals surface area contributed by atoms with Crippen LogP contribution in [0.1, 0.15) is 34.4 Å². The van der Waals surface area contributed by atoms with Crippen LogP contribution in [-0.4, -0.2) is 15.0 Å². The standard InChI is InChI=1S/C24H24N2O2S2/c27-30(28,25-14-13-17-6-2-1-3-7-17)18-11-12-22-21(16-18)19-8-4-9-20(19)24(26-22)23-10-5-15-29-23/h1-8,10-12,15-16,19-20,24-26H,9,13-14H2. The minimum absolute atomic E-state index is 0.243. The van der Waals surface area contributed by atoms with E-state index in [1.54, 1.807) is 17.4 Å². The van der Waals surface area contributed by atoms with E-state index in [1.165, 1.54) is 4.88 Å². The van der Waals surface area contributed by atoms with Gasteiger partial charge in [0.1, 0.15) is 0 Å². The van der Waals surface area contributed by atoms with Gasteiger partial charge in [-0.3, -0.25) is 0 Å². The lowest BCUT2D eigenvalue weighted by molar-refractivity contribution is 0.429. The molecule has 0 radical (unpaired) electrons. The number of hydrogen-bond donors (Lipinski definition) is 2. The molecule has 154 valence electrons. The summed E-state index contributed by atoms with van der Waals surface area (Å²) in [5.74, 6) is 0.660. The van der Waals surface area contributed by atoms with Gasteiger partial charge in [0.15, 0.2) is 0 Å². The molecule has 6 heteroatoms. The van der Waals surface area contributed by atoms with Gasteiger partial charge in [-0.2, -0.15) is 0 Å². The van der Waals surface area contributed by atoms with Crippen molar-refractivity contribution in [2.75, 3.05) is 11.9 Å². The second-order valence-electron chi connectivity index (χ2n) is 7.87. The van der Waals surface area contributed by atoms with Crippen molar-refractivity contribution in [1.82, 2.24) is 4.72 Å². The van der Waals surface area contributed by atoms with Gasteiger partial charge < -0.3 is 5.32 Å². The first kappa shape index (κ1) is 19.5. The van der Waals surface area contributed by atoms with Crippen molar-refractivity contribution in [3.8, 4) is 0 Å². The average molecular weight is 437 g/mol. The zero-order valence-electron chi connectivity index (χ0n) is 16.5. The smallest absolute Gasteiger partial charge is 0.240 e. The summed E-state index contributed by atoms with van der Waals surface area (Å²) in [7, 11) is -3.55. The molecule has 0 spiro atoms. The van der Waals surface area contributed by atoms with Gasteiger partial charge >= 0.3 is 0 Å². The summed E-state index contributed by atoms with van der Waals surface area (Å²) in [6.45, 7) is 0.383. The number of benzene rings is 2. The second-order valence-corrected chi connectivity index (χ2v) is 10.6. The average Bonchev–Trinajstić information content (AvgIpc) is 3.46. The number of thiophene rings is 1. The third-order valence-corrected chi connectivity index (χ3v) is 8.46. The van der Waals surface area contributed by atoms with Gasteiger partial charge in [0.2, 0.25) is 10.0 Å². The quantitative estimate of drug-likeness (QED) is 0.529. The van der Waals surface area contributed by atoms with Crippen LogP contribution in [0.25, 0.3) is 0 Å². The SMILES string of the molecule is O=S(=O)(NCCc1ccccc1)c1ccc2c(c1)C1C=CCC1C(c1cccs1)N2. The van der Waals surface area contributed by atoms with Crippen molar-refractivity contribution in [1.29, 1.82) is 0 Å². The van der Waals surface area contributed by atoms with Crippen LogP contribution in [0.15, 0.2) is 83.1 Å². The highest BCUT2D eigenvalue weighted by Gasteiger charge is 2.38. The number of hydrogen-bond acceptors (Lipinski definition) is 4. The maximum atomic E-state index is 12.9. The van der Waals surface area contributed by atoms with Crippen molar-refractivity contribution in [2.45, 2.75) is 29.7 Å². The van der Waals surface area contributed by atoms with Crippen LogP contribution in [0.4, 0.5) is 5.69 Å². The Bertz CT molecular complexity index is 1160. The fourth-order valence-corrected chi connectivity index (χ4v) is 6.47. The molecule has 30 heavy (non-hydrogen) atoms. The zero-order chi connectivity index (χ0) is 20.6. The molecular formula is C24H24N2O2S2. The van der Waals surface area contributed by atoms with Crippen LogP contribution in [0.5, 0.6) is 0 Å². The molecule has 2 aromatic carbocycles. The molecule has 2 N–H and O–H groups in total. The lowest BCUT2D eigenvalue weighted by atomic mass is 9.79. The summed E-state index contributed by atoms with van der Waals surface area (Å²) in [6.07, 6.45) is 6.14. The molecule has 1 aromatic heterocycles. The monoisotopic (exact) mass is 436 g/mol. The van der Waals surface area contributed by atoms with Gasteiger partial charge in [-0.1, -0.05) is 48.6 Å². The van der Waals surface area contributed by atoms with Gasteiger partial charge in [-0.15, -0.1) is 11.3 Å². The Morgan fingerprint density at radius 2 is 1.93 bits per heavy atom. The number of fused-ring (bicyclic) bond motifs is 3. The normalized spacial score (nSPS) is 22.3. The highest BCUT2D eigenvalue weighted by molar-refractivity contribution is 7.89. The third kappa shape index (κ3) is 3.71. The van der Waals surface area contributed by atoms with Crippen molar-refractivity contribution in [3.05, 3.63) is 94.2 Å². The lowest BCUT2D eigenvalue weighted by Crippen LogP contribution is -2.30. The van der Waals surface area contributed by atoms with Crippen LogP contribution in [-0.2, 0) is 16.4 Å². The lowest BCUT2D eigenvalue weighted by Gasteiger charge is -2.37. The number of nitrogens with one attached hydrogen (secondary N) is 2. The predicted octanol–water partition coefficient (Wildman–Crippen LogP) is 5.10. The molecule has 0 fully saturated rings. The summed E-state index contributed by atoms with van der Waals surface area (Å²) >= 11 is 1.77. The van der Waals surface area contributed by atoms with E-state index < -0.39 is 10.0 Å². The Balaban J connectivity index is 1.37. The van der Waals surface area contributed by atoms with Gasteiger partial charge in [0.25, 0.3) is 0 Å². The van der Waals surface area contributed by atoms with E-state index in [0.717, 1.165) is 23.2 Å². The first-order valence-corrected chi connectivity index (χ1v) is 12.6. The Kier molecular flexibility index (Phi) is 5.23. The molecule has 3 unspecified atom stereocenters. The summed E-state index contributed by atoms with van der Waals surface area (Å²) in [5.41, 5.74) is 3.23. The molecule has 0 saturated carbocycles.